The van der Waals surface area contributed by atoms with Crippen LogP contribution < -0.4 is 0 Å². The second-order valence-electron chi connectivity index (χ2n) is 5.46. The highest BCUT2D eigenvalue weighted by Gasteiger charge is 2.32. The summed E-state index contributed by atoms with van der Waals surface area (Å²) in [7, 11) is 0. The van der Waals surface area contributed by atoms with Gasteiger partial charge in [0, 0.05) is 13.1 Å². The van der Waals surface area contributed by atoms with Crippen LogP contribution in [-0.2, 0) is 6.54 Å². The van der Waals surface area contributed by atoms with Crippen molar-refractivity contribution in [3.8, 4) is 0 Å². The fourth-order valence-corrected chi connectivity index (χ4v) is 3.14. The predicted molar refractivity (Wildman–Crippen MR) is 67.2 cm³/mol. The molecule has 1 heteroatoms. The van der Waals surface area contributed by atoms with Crippen molar-refractivity contribution in [1.82, 2.24) is 4.90 Å². The molecule has 0 radical (unpaired) electrons. The van der Waals surface area contributed by atoms with Crippen LogP contribution in [0.5, 0.6) is 0 Å². The van der Waals surface area contributed by atoms with Gasteiger partial charge in [0.2, 0.25) is 0 Å². The normalized spacial score (nSPS) is 26.9. The Morgan fingerprint density at radius 2 is 1.81 bits per heavy atom. The van der Waals surface area contributed by atoms with E-state index in [1.54, 1.807) is 0 Å². The van der Waals surface area contributed by atoms with Gasteiger partial charge in [0.1, 0.15) is 0 Å². The average molecular weight is 215 g/mol. The van der Waals surface area contributed by atoms with Crippen LogP contribution in [0.3, 0.4) is 0 Å². The van der Waals surface area contributed by atoms with Crippen molar-refractivity contribution in [2.45, 2.75) is 32.2 Å². The number of likely N-dealkylation sites (tertiary alicyclic amines) is 1. The molecule has 1 aliphatic carbocycles. The number of benzene rings is 1. The third kappa shape index (κ3) is 2.15. The summed E-state index contributed by atoms with van der Waals surface area (Å²) in [6, 6.07) is 10.9. The van der Waals surface area contributed by atoms with Crippen molar-refractivity contribution in [2.24, 2.45) is 11.8 Å². The molecule has 1 atom stereocenters. The van der Waals surface area contributed by atoms with E-state index in [1.165, 1.54) is 44.3 Å². The van der Waals surface area contributed by atoms with Crippen molar-refractivity contribution in [1.29, 1.82) is 0 Å². The van der Waals surface area contributed by atoms with Crippen molar-refractivity contribution in [3.63, 3.8) is 0 Å². The monoisotopic (exact) mass is 215 g/mol. The molecule has 2 aliphatic rings. The Kier molecular flexibility index (Phi) is 2.96. The minimum Gasteiger partial charge on any atom is -0.299 e. The number of hydrogen-bond donors (Lipinski definition) is 0. The topological polar surface area (TPSA) is 3.24 Å². The first-order valence-corrected chi connectivity index (χ1v) is 6.68. The standard InChI is InChI=1S/C15H21N/c1-2-5-13(6-3-1)11-16-10-9-15(12-16)14-7-4-8-14/h1-3,5-6,14-15H,4,7-12H2. The lowest BCUT2D eigenvalue weighted by Crippen LogP contribution is -2.26. The number of hydrogen-bond acceptors (Lipinski definition) is 1. The van der Waals surface area contributed by atoms with Crippen LogP contribution in [0.25, 0.3) is 0 Å². The molecule has 3 rings (SSSR count). The lowest BCUT2D eigenvalue weighted by atomic mass is 9.75. The molecule has 1 nitrogen and oxygen atoms in total. The Hall–Kier alpha value is -0.820. The molecule has 1 aromatic carbocycles. The maximum Gasteiger partial charge on any atom is 0.0233 e. The summed E-state index contributed by atoms with van der Waals surface area (Å²) in [6.07, 6.45) is 5.94. The van der Waals surface area contributed by atoms with Gasteiger partial charge in [-0.3, -0.25) is 4.90 Å². The van der Waals surface area contributed by atoms with Crippen LogP contribution in [0, 0.1) is 11.8 Å². The van der Waals surface area contributed by atoms with Crippen LogP contribution in [0.4, 0.5) is 0 Å². The van der Waals surface area contributed by atoms with E-state index < -0.39 is 0 Å². The average Bonchev–Trinajstić information content (AvgIpc) is 2.65. The van der Waals surface area contributed by atoms with E-state index in [-0.39, 0.29) is 0 Å². The van der Waals surface area contributed by atoms with E-state index in [0.717, 1.165) is 18.4 Å². The molecule has 2 fully saturated rings. The lowest BCUT2D eigenvalue weighted by molar-refractivity contribution is 0.200. The van der Waals surface area contributed by atoms with Crippen molar-refractivity contribution in [3.05, 3.63) is 35.9 Å². The quantitative estimate of drug-likeness (QED) is 0.747. The summed E-state index contributed by atoms with van der Waals surface area (Å²) in [6.45, 7) is 3.82. The molecule has 1 unspecified atom stereocenters. The largest absolute Gasteiger partial charge is 0.299 e. The Bertz CT molecular complexity index is 329. The van der Waals surface area contributed by atoms with E-state index in [9.17, 15) is 0 Å². The minimum atomic E-state index is 1.01. The first-order valence-electron chi connectivity index (χ1n) is 6.68. The molecular formula is C15H21N. The molecule has 1 saturated heterocycles. The Morgan fingerprint density at radius 3 is 2.50 bits per heavy atom. The van der Waals surface area contributed by atoms with E-state index in [1.807, 2.05) is 0 Å². The molecule has 0 amide bonds. The van der Waals surface area contributed by atoms with Crippen LogP contribution in [-0.4, -0.2) is 18.0 Å². The van der Waals surface area contributed by atoms with Gasteiger partial charge >= 0.3 is 0 Å². The molecule has 16 heavy (non-hydrogen) atoms. The minimum absolute atomic E-state index is 1.01. The van der Waals surface area contributed by atoms with Crippen LogP contribution in [0.1, 0.15) is 31.2 Å². The smallest absolute Gasteiger partial charge is 0.0233 e. The van der Waals surface area contributed by atoms with Gasteiger partial charge in [-0.2, -0.15) is 0 Å². The summed E-state index contributed by atoms with van der Waals surface area (Å²) >= 11 is 0. The van der Waals surface area contributed by atoms with Gasteiger partial charge in [-0.15, -0.1) is 0 Å². The molecule has 1 saturated carbocycles. The second-order valence-corrected chi connectivity index (χ2v) is 5.46. The Labute approximate surface area is 98.5 Å². The zero-order valence-corrected chi connectivity index (χ0v) is 9.94. The van der Waals surface area contributed by atoms with E-state index in [4.69, 9.17) is 0 Å². The van der Waals surface area contributed by atoms with Gasteiger partial charge in [-0.05, 0) is 30.4 Å². The SMILES string of the molecule is c1ccc(CN2CCC(C3CCC3)C2)cc1. The van der Waals surface area contributed by atoms with Crippen molar-refractivity contribution < 1.29 is 0 Å². The van der Waals surface area contributed by atoms with Crippen LogP contribution in [0.2, 0.25) is 0 Å². The maximum atomic E-state index is 2.64. The zero-order chi connectivity index (χ0) is 10.8. The maximum absolute atomic E-state index is 2.64. The first kappa shape index (κ1) is 10.3. The van der Waals surface area contributed by atoms with Gasteiger partial charge in [0.25, 0.3) is 0 Å². The highest BCUT2D eigenvalue weighted by atomic mass is 15.1. The first-order chi connectivity index (χ1) is 7.92. The molecule has 0 N–H and O–H groups in total. The molecule has 1 aromatic rings. The van der Waals surface area contributed by atoms with E-state index in [2.05, 4.69) is 35.2 Å². The van der Waals surface area contributed by atoms with Crippen molar-refractivity contribution >= 4 is 0 Å². The molecule has 1 heterocycles. The van der Waals surface area contributed by atoms with Gasteiger partial charge in [0.15, 0.2) is 0 Å². The molecule has 1 aliphatic heterocycles. The van der Waals surface area contributed by atoms with Crippen LogP contribution >= 0.6 is 0 Å². The molecule has 0 aromatic heterocycles. The molecule has 0 bridgehead atoms. The van der Waals surface area contributed by atoms with Gasteiger partial charge in [-0.25, -0.2) is 0 Å². The fraction of sp³-hybridized carbons (Fsp3) is 0.600. The third-order valence-corrected chi connectivity index (χ3v) is 4.37. The highest BCUT2D eigenvalue weighted by molar-refractivity contribution is 5.14. The van der Waals surface area contributed by atoms with Gasteiger partial charge in [-0.1, -0.05) is 49.6 Å². The third-order valence-electron chi connectivity index (χ3n) is 4.37. The second kappa shape index (κ2) is 4.58. The fourth-order valence-electron chi connectivity index (χ4n) is 3.14. The molecular weight excluding hydrogens is 194 g/mol. The summed E-state index contributed by atoms with van der Waals surface area (Å²) < 4.78 is 0. The number of rotatable bonds is 3. The summed E-state index contributed by atoms with van der Waals surface area (Å²) in [4.78, 5) is 2.64. The molecule has 0 spiro atoms. The zero-order valence-electron chi connectivity index (χ0n) is 9.94. The van der Waals surface area contributed by atoms with Gasteiger partial charge < -0.3 is 0 Å². The molecule has 86 valence electrons. The highest BCUT2D eigenvalue weighted by Crippen LogP contribution is 2.38. The van der Waals surface area contributed by atoms with Gasteiger partial charge in [0.05, 0.1) is 0 Å². The summed E-state index contributed by atoms with van der Waals surface area (Å²) in [5.74, 6) is 2.08. The number of nitrogens with zero attached hydrogens (tertiary/aromatic N) is 1. The Morgan fingerprint density at radius 1 is 1.00 bits per heavy atom. The Balaban J connectivity index is 1.54. The van der Waals surface area contributed by atoms with Crippen molar-refractivity contribution in [2.75, 3.05) is 13.1 Å². The lowest BCUT2D eigenvalue weighted by Gasteiger charge is -2.31. The van der Waals surface area contributed by atoms with E-state index >= 15 is 0 Å². The summed E-state index contributed by atoms with van der Waals surface area (Å²) in [5.41, 5.74) is 1.47. The van der Waals surface area contributed by atoms with Crippen LogP contribution in [0.15, 0.2) is 30.3 Å². The summed E-state index contributed by atoms with van der Waals surface area (Å²) in [5, 5.41) is 0. The predicted octanol–water partition coefficient (Wildman–Crippen LogP) is 3.31. The van der Waals surface area contributed by atoms with E-state index in [0.29, 0.717) is 0 Å².